The molecule has 0 saturated heterocycles. The van der Waals surface area contributed by atoms with E-state index in [-0.39, 0.29) is 24.5 Å². The van der Waals surface area contributed by atoms with E-state index in [1.807, 2.05) is 6.92 Å². The Morgan fingerprint density at radius 1 is 1.37 bits per heavy atom. The Kier molecular flexibility index (Phi) is 8.24. The molecule has 0 bridgehead atoms. The van der Waals surface area contributed by atoms with Crippen LogP contribution in [0.3, 0.4) is 0 Å². The van der Waals surface area contributed by atoms with E-state index in [1.54, 1.807) is 27.0 Å². The van der Waals surface area contributed by atoms with Crippen LogP contribution in [0.1, 0.15) is 27.2 Å². The molecule has 0 aliphatic rings. The smallest absolute Gasteiger partial charge is 0.333 e. The Hall–Kier alpha value is -1.85. The molecular weight excluding hydrogens is 248 g/mol. The molecule has 0 aliphatic heterocycles. The monoisotopic (exact) mass is 270 g/mol. The third-order valence-electron chi connectivity index (χ3n) is 2.69. The molecule has 0 spiro atoms. The summed E-state index contributed by atoms with van der Waals surface area (Å²) in [6.07, 6.45) is 2.85. The highest BCUT2D eigenvalue weighted by Gasteiger charge is 2.17. The first-order valence-electron chi connectivity index (χ1n) is 6.26. The van der Waals surface area contributed by atoms with E-state index in [4.69, 9.17) is 4.74 Å². The average molecular weight is 270 g/mol. The van der Waals surface area contributed by atoms with Gasteiger partial charge in [0.25, 0.3) is 0 Å². The van der Waals surface area contributed by atoms with E-state index in [0.717, 1.165) is 0 Å². The van der Waals surface area contributed by atoms with Gasteiger partial charge in [-0.25, -0.2) is 4.79 Å². The number of nitrogens with zero attached hydrogens (tertiary/aromatic N) is 1. The molecule has 0 rings (SSSR count). The molecule has 0 aromatic rings. The molecule has 0 fully saturated rings. The van der Waals surface area contributed by atoms with Crippen molar-refractivity contribution in [3.05, 3.63) is 11.6 Å². The number of likely N-dealkylation sites (N-methyl/N-ethyl adjacent to an activating group) is 1. The Morgan fingerprint density at radius 3 is 2.47 bits per heavy atom. The number of nitrogens with one attached hydrogen (secondary N) is 1. The first kappa shape index (κ1) is 17.2. The van der Waals surface area contributed by atoms with Crippen LogP contribution in [0, 0.1) is 0 Å². The third-order valence-corrected chi connectivity index (χ3v) is 2.69. The highest BCUT2D eigenvalue weighted by molar-refractivity contribution is 5.88. The molecule has 108 valence electrons. The van der Waals surface area contributed by atoms with E-state index >= 15 is 0 Å². The van der Waals surface area contributed by atoms with Crippen LogP contribution < -0.4 is 5.32 Å². The lowest BCUT2D eigenvalue weighted by atomic mass is 10.1. The fourth-order valence-corrected chi connectivity index (χ4v) is 1.54. The van der Waals surface area contributed by atoms with Crippen LogP contribution in [0.4, 0.5) is 0 Å². The second kappa shape index (κ2) is 9.13. The Bertz CT molecular complexity index is 353. The van der Waals surface area contributed by atoms with Gasteiger partial charge in [-0.15, -0.1) is 0 Å². The van der Waals surface area contributed by atoms with Crippen LogP contribution in [-0.2, 0) is 19.1 Å². The van der Waals surface area contributed by atoms with Gasteiger partial charge in [0.15, 0.2) is 0 Å². The molecule has 0 radical (unpaired) electrons. The number of carbonyl (C=O) groups excluding carboxylic acids is 3. The van der Waals surface area contributed by atoms with Crippen LogP contribution in [0.5, 0.6) is 0 Å². The largest absolute Gasteiger partial charge is 0.463 e. The highest BCUT2D eigenvalue weighted by Crippen LogP contribution is 2.08. The highest BCUT2D eigenvalue weighted by atomic mass is 16.5. The van der Waals surface area contributed by atoms with E-state index in [0.29, 0.717) is 25.0 Å². The van der Waals surface area contributed by atoms with E-state index in [1.165, 1.54) is 4.90 Å². The maximum Gasteiger partial charge on any atom is 0.333 e. The molecule has 0 heterocycles. The zero-order valence-corrected chi connectivity index (χ0v) is 11.9. The molecule has 1 atom stereocenters. The molecular formula is C13H22N2O4. The minimum atomic E-state index is -0.382. The Morgan fingerprint density at radius 2 is 2.00 bits per heavy atom. The molecule has 6 nitrogen and oxygen atoms in total. The van der Waals surface area contributed by atoms with E-state index in [2.05, 4.69) is 5.32 Å². The van der Waals surface area contributed by atoms with Crippen LogP contribution >= 0.6 is 0 Å². The SMILES string of the molecule is CCOC(=O)/C(C)=C/[C@H](CC)N(C)C(=O)CNC=O. The lowest BCUT2D eigenvalue weighted by Gasteiger charge is -2.25. The maximum absolute atomic E-state index is 11.7. The molecule has 6 heteroatoms. The predicted molar refractivity (Wildman–Crippen MR) is 71.3 cm³/mol. The number of amides is 2. The van der Waals surface area contributed by atoms with Gasteiger partial charge in [-0.2, -0.15) is 0 Å². The fourth-order valence-electron chi connectivity index (χ4n) is 1.54. The van der Waals surface area contributed by atoms with Crippen LogP contribution in [0.15, 0.2) is 11.6 Å². The summed E-state index contributed by atoms with van der Waals surface area (Å²) in [7, 11) is 1.64. The van der Waals surface area contributed by atoms with Gasteiger partial charge in [0.05, 0.1) is 19.2 Å². The Labute approximate surface area is 113 Å². The summed E-state index contributed by atoms with van der Waals surface area (Å²) in [6, 6.07) is -0.203. The van der Waals surface area contributed by atoms with Crippen LogP contribution in [0.2, 0.25) is 0 Å². The van der Waals surface area contributed by atoms with Gasteiger partial charge >= 0.3 is 5.97 Å². The number of carbonyl (C=O) groups is 3. The van der Waals surface area contributed by atoms with Gasteiger partial charge in [0.1, 0.15) is 0 Å². The van der Waals surface area contributed by atoms with E-state index < -0.39 is 0 Å². The topological polar surface area (TPSA) is 75.7 Å². The van der Waals surface area contributed by atoms with Gasteiger partial charge in [-0.1, -0.05) is 13.0 Å². The lowest BCUT2D eigenvalue weighted by Crippen LogP contribution is -2.41. The minimum absolute atomic E-state index is 0.0528. The maximum atomic E-state index is 11.7. The lowest BCUT2D eigenvalue weighted by molar-refractivity contribution is -0.138. The fraction of sp³-hybridized carbons (Fsp3) is 0.615. The second-order valence-corrected chi connectivity index (χ2v) is 4.05. The van der Waals surface area contributed by atoms with Crippen molar-refractivity contribution >= 4 is 18.3 Å². The molecule has 0 saturated carbocycles. The van der Waals surface area contributed by atoms with Gasteiger partial charge in [-0.05, 0) is 20.3 Å². The first-order valence-corrected chi connectivity index (χ1v) is 6.26. The zero-order valence-electron chi connectivity index (χ0n) is 11.9. The van der Waals surface area contributed by atoms with Crippen molar-refractivity contribution < 1.29 is 19.1 Å². The molecule has 0 aliphatic carbocycles. The van der Waals surface area contributed by atoms with Crippen LogP contribution in [-0.4, -0.2) is 49.4 Å². The summed E-state index contributed by atoms with van der Waals surface area (Å²) in [5, 5.41) is 2.32. The number of rotatable bonds is 8. The second-order valence-electron chi connectivity index (χ2n) is 4.05. The zero-order chi connectivity index (χ0) is 14.8. The number of hydrogen-bond acceptors (Lipinski definition) is 4. The summed E-state index contributed by atoms with van der Waals surface area (Å²) in [6.45, 7) is 5.57. The number of ether oxygens (including phenoxy) is 1. The molecule has 0 aromatic carbocycles. The molecule has 1 N–H and O–H groups in total. The third kappa shape index (κ3) is 6.03. The first-order chi connectivity index (χ1) is 8.97. The van der Waals surface area contributed by atoms with Crippen molar-refractivity contribution in [3.63, 3.8) is 0 Å². The summed E-state index contributed by atoms with van der Waals surface area (Å²) in [5.41, 5.74) is 0.469. The van der Waals surface area contributed by atoms with Gasteiger partial charge in [-0.3, -0.25) is 9.59 Å². The summed E-state index contributed by atoms with van der Waals surface area (Å²) in [4.78, 5) is 34.9. The normalized spacial score (nSPS) is 12.5. The molecule has 0 unspecified atom stereocenters. The van der Waals surface area contributed by atoms with Gasteiger partial charge in [0.2, 0.25) is 12.3 Å². The predicted octanol–water partition coefficient (Wildman–Crippen LogP) is 0.479. The number of esters is 1. The average Bonchev–Trinajstić information content (AvgIpc) is 2.41. The quantitative estimate of drug-likeness (QED) is 0.395. The number of hydrogen-bond donors (Lipinski definition) is 1. The standard InChI is InChI=1S/C13H22N2O4/c1-5-11(7-10(3)13(18)19-6-2)15(4)12(17)8-14-9-16/h7,9,11H,5-6,8H2,1-4H3,(H,14,16)/b10-7+/t11-/m0/s1. The Balaban J connectivity index is 4.72. The summed E-state index contributed by atoms with van der Waals surface area (Å²) < 4.78 is 4.88. The summed E-state index contributed by atoms with van der Waals surface area (Å²) >= 11 is 0. The van der Waals surface area contributed by atoms with Crippen molar-refractivity contribution in [1.29, 1.82) is 0 Å². The van der Waals surface area contributed by atoms with Crippen LogP contribution in [0.25, 0.3) is 0 Å². The van der Waals surface area contributed by atoms with Crippen molar-refractivity contribution in [1.82, 2.24) is 10.2 Å². The van der Waals surface area contributed by atoms with Crippen molar-refractivity contribution in [2.45, 2.75) is 33.2 Å². The van der Waals surface area contributed by atoms with E-state index in [9.17, 15) is 14.4 Å². The minimum Gasteiger partial charge on any atom is -0.463 e. The summed E-state index contributed by atoms with van der Waals surface area (Å²) in [5.74, 6) is -0.598. The van der Waals surface area contributed by atoms with Gasteiger partial charge < -0.3 is 15.0 Å². The molecule has 2 amide bonds. The van der Waals surface area contributed by atoms with Crippen molar-refractivity contribution in [2.75, 3.05) is 20.2 Å². The van der Waals surface area contributed by atoms with Crippen molar-refractivity contribution in [3.8, 4) is 0 Å². The molecule has 0 aromatic heterocycles. The van der Waals surface area contributed by atoms with Gasteiger partial charge in [0, 0.05) is 12.6 Å². The van der Waals surface area contributed by atoms with Crippen molar-refractivity contribution in [2.24, 2.45) is 0 Å². The molecule has 19 heavy (non-hydrogen) atoms.